The predicted molar refractivity (Wildman–Crippen MR) is 61.0 cm³/mol. The molecule has 0 bridgehead atoms. The Morgan fingerprint density at radius 1 is 1.35 bits per heavy atom. The van der Waals surface area contributed by atoms with Crippen molar-refractivity contribution in [3.8, 4) is 0 Å². The van der Waals surface area contributed by atoms with Gasteiger partial charge in [0.1, 0.15) is 5.69 Å². The van der Waals surface area contributed by atoms with E-state index in [-0.39, 0.29) is 17.4 Å². The Hall–Kier alpha value is -1.75. The average Bonchev–Trinajstić information content (AvgIpc) is 2.39. The molecule has 90 valence electrons. The van der Waals surface area contributed by atoms with Crippen LogP contribution < -0.4 is 0 Å². The fourth-order valence-corrected chi connectivity index (χ4v) is 1.80. The molecule has 1 amide bonds. The lowest BCUT2D eigenvalue weighted by Gasteiger charge is -2.27. The molecule has 1 aliphatic heterocycles. The molecule has 1 aromatic rings. The maximum Gasteiger partial charge on any atom is 0.256 e. The van der Waals surface area contributed by atoms with Crippen molar-refractivity contribution in [2.45, 2.75) is 6.92 Å². The van der Waals surface area contributed by atoms with Gasteiger partial charge in [0.15, 0.2) is 5.78 Å². The van der Waals surface area contributed by atoms with Crippen molar-refractivity contribution in [2.75, 3.05) is 26.3 Å². The Labute approximate surface area is 99.4 Å². The number of ketones is 1. The number of morpholine rings is 1. The molecule has 1 fully saturated rings. The quantitative estimate of drug-likeness (QED) is 0.709. The first kappa shape index (κ1) is 11.7. The lowest BCUT2D eigenvalue weighted by Crippen LogP contribution is -2.41. The normalized spacial score (nSPS) is 15.7. The number of pyridine rings is 1. The maximum atomic E-state index is 12.2. The summed E-state index contributed by atoms with van der Waals surface area (Å²) in [6, 6.07) is 3.31. The van der Waals surface area contributed by atoms with Gasteiger partial charge in [-0.25, -0.2) is 0 Å². The molecule has 0 spiro atoms. The molecule has 17 heavy (non-hydrogen) atoms. The Bertz CT molecular complexity index is 439. The highest BCUT2D eigenvalue weighted by atomic mass is 16.5. The maximum absolute atomic E-state index is 12.2. The van der Waals surface area contributed by atoms with E-state index in [0.29, 0.717) is 31.9 Å². The van der Waals surface area contributed by atoms with Crippen molar-refractivity contribution in [1.29, 1.82) is 0 Å². The number of hydrogen-bond acceptors (Lipinski definition) is 4. The molecule has 1 saturated heterocycles. The molecule has 0 aliphatic carbocycles. The lowest BCUT2D eigenvalue weighted by atomic mass is 10.1. The van der Waals surface area contributed by atoms with Gasteiger partial charge in [0.2, 0.25) is 0 Å². The second kappa shape index (κ2) is 5.05. The van der Waals surface area contributed by atoms with Crippen LogP contribution in [0, 0.1) is 0 Å². The molecule has 0 N–H and O–H groups in total. The van der Waals surface area contributed by atoms with Crippen molar-refractivity contribution in [2.24, 2.45) is 0 Å². The van der Waals surface area contributed by atoms with E-state index in [1.807, 2.05) is 0 Å². The molecule has 2 heterocycles. The minimum atomic E-state index is -0.192. The molecule has 1 aromatic heterocycles. The zero-order chi connectivity index (χ0) is 12.3. The van der Waals surface area contributed by atoms with Crippen LogP contribution in [0.4, 0.5) is 0 Å². The number of amides is 1. The summed E-state index contributed by atoms with van der Waals surface area (Å²) >= 11 is 0. The smallest absolute Gasteiger partial charge is 0.256 e. The van der Waals surface area contributed by atoms with E-state index >= 15 is 0 Å². The van der Waals surface area contributed by atoms with Crippen molar-refractivity contribution in [3.05, 3.63) is 29.6 Å². The Balaban J connectivity index is 2.26. The minimum Gasteiger partial charge on any atom is -0.378 e. The molecular weight excluding hydrogens is 220 g/mol. The molecule has 2 rings (SSSR count). The van der Waals surface area contributed by atoms with Crippen LogP contribution in [0.15, 0.2) is 18.3 Å². The van der Waals surface area contributed by atoms with Gasteiger partial charge in [0, 0.05) is 26.2 Å². The second-order valence-electron chi connectivity index (χ2n) is 3.86. The topological polar surface area (TPSA) is 59.5 Å². The predicted octanol–water partition coefficient (Wildman–Crippen LogP) is 0.757. The summed E-state index contributed by atoms with van der Waals surface area (Å²) in [4.78, 5) is 29.3. The van der Waals surface area contributed by atoms with E-state index in [1.165, 1.54) is 13.1 Å². The zero-order valence-corrected chi connectivity index (χ0v) is 9.68. The average molecular weight is 234 g/mol. The summed E-state index contributed by atoms with van der Waals surface area (Å²) in [6.45, 7) is 3.62. The number of ether oxygens (including phenoxy) is 1. The second-order valence-corrected chi connectivity index (χ2v) is 3.86. The number of hydrogen-bond donors (Lipinski definition) is 0. The first-order valence-electron chi connectivity index (χ1n) is 5.53. The van der Waals surface area contributed by atoms with Gasteiger partial charge in [0.25, 0.3) is 5.91 Å². The summed E-state index contributed by atoms with van der Waals surface area (Å²) in [6.07, 6.45) is 1.52. The van der Waals surface area contributed by atoms with Crippen LogP contribution in [0.5, 0.6) is 0 Å². The molecule has 0 aromatic carbocycles. The fraction of sp³-hybridized carbons (Fsp3) is 0.417. The number of aromatic nitrogens is 1. The van der Waals surface area contributed by atoms with Crippen LogP contribution >= 0.6 is 0 Å². The van der Waals surface area contributed by atoms with Crippen LogP contribution in [0.3, 0.4) is 0 Å². The molecule has 1 aliphatic rings. The van der Waals surface area contributed by atoms with E-state index in [9.17, 15) is 9.59 Å². The van der Waals surface area contributed by atoms with Gasteiger partial charge in [0.05, 0.1) is 18.8 Å². The minimum absolute atomic E-state index is 0.147. The highest BCUT2D eigenvalue weighted by Gasteiger charge is 2.22. The SMILES string of the molecule is CC(=O)c1ncccc1C(=O)N1CCOCC1. The molecule has 0 unspecified atom stereocenters. The van der Waals surface area contributed by atoms with Gasteiger partial charge in [-0.15, -0.1) is 0 Å². The van der Waals surface area contributed by atoms with Gasteiger partial charge in [-0.1, -0.05) is 0 Å². The lowest BCUT2D eigenvalue weighted by molar-refractivity contribution is 0.0301. The Kier molecular flexibility index (Phi) is 3.49. The van der Waals surface area contributed by atoms with Crippen LogP contribution in [0.1, 0.15) is 27.8 Å². The first-order chi connectivity index (χ1) is 8.20. The van der Waals surface area contributed by atoms with Crippen LogP contribution in [-0.2, 0) is 4.74 Å². The molecule has 5 heteroatoms. The monoisotopic (exact) mass is 234 g/mol. The Morgan fingerprint density at radius 3 is 2.71 bits per heavy atom. The first-order valence-corrected chi connectivity index (χ1v) is 5.53. The fourth-order valence-electron chi connectivity index (χ4n) is 1.80. The van der Waals surface area contributed by atoms with Gasteiger partial charge in [-0.3, -0.25) is 14.6 Å². The third kappa shape index (κ3) is 2.50. The summed E-state index contributed by atoms with van der Waals surface area (Å²) in [5.74, 6) is -0.339. The molecule has 0 radical (unpaired) electrons. The van der Waals surface area contributed by atoms with E-state index in [1.54, 1.807) is 17.0 Å². The standard InChI is InChI=1S/C12H14N2O3/c1-9(15)11-10(3-2-4-13-11)12(16)14-5-7-17-8-6-14/h2-4H,5-8H2,1H3. The number of Topliss-reactive ketones (excluding diaryl/α,β-unsaturated/α-hetero) is 1. The van der Waals surface area contributed by atoms with E-state index in [0.717, 1.165) is 0 Å². The van der Waals surface area contributed by atoms with Crippen molar-refractivity contribution < 1.29 is 14.3 Å². The molecule has 0 saturated carbocycles. The van der Waals surface area contributed by atoms with E-state index in [4.69, 9.17) is 4.74 Å². The highest BCUT2D eigenvalue weighted by Crippen LogP contribution is 2.11. The number of rotatable bonds is 2. The van der Waals surface area contributed by atoms with Crippen LogP contribution in [-0.4, -0.2) is 47.9 Å². The van der Waals surface area contributed by atoms with Crippen molar-refractivity contribution >= 4 is 11.7 Å². The van der Waals surface area contributed by atoms with Gasteiger partial charge in [-0.05, 0) is 12.1 Å². The van der Waals surface area contributed by atoms with Crippen LogP contribution in [0.2, 0.25) is 0 Å². The van der Waals surface area contributed by atoms with Crippen LogP contribution in [0.25, 0.3) is 0 Å². The summed E-state index contributed by atoms with van der Waals surface area (Å²) in [5, 5.41) is 0. The number of nitrogens with zero attached hydrogens (tertiary/aromatic N) is 2. The number of carbonyl (C=O) groups excluding carboxylic acids is 2. The largest absolute Gasteiger partial charge is 0.378 e. The molecular formula is C12H14N2O3. The number of carbonyl (C=O) groups is 2. The van der Waals surface area contributed by atoms with Gasteiger partial charge >= 0.3 is 0 Å². The zero-order valence-electron chi connectivity index (χ0n) is 9.68. The Morgan fingerprint density at radius 2 is 2.06 bits per heavy atom. The third-order valence-corrected chi connectivity index (χ3v) is 2.67. The highest BCUT2D eigenvalue weighted by molar-refractivity contribution is 6.05. The molecule has 5 nitrogen and oxygen atoms in total. The summed E-state index contributed by atoms with van der Waals surface area (Å²) in [7, 11) is 0. The van der Waals surface area contributed by atoms with Gasteiger partial charge < -0.3 is 9.64 Å². The molecule has 0 atom stereocenters. The van der Waals surface area contributed by atoms with E-state index in [2.05, 4.69) is 4.98 Å². The third-order valence-electron chi connectivity index (χ3n) is 2.67. The van der Waals surface area contributed by atoms with Crippen molar-refractivity contribution in [3.63, 3.8) is 0 Å². The summed E-state index contributed by atoms with van der Waals surface area (Å²) < 4.78 is 5.19. The van der Waals surface area contributed by atoms with Gasteiger partial charge in [-0.2, -0.15) is 0 Å². The summed E-state index contributed by atoms with van der Waals surface area (Å²) in [5.41, 5.74) is 0.617. The van der Waals surface area contributed by atoms with E-state index < -0.39 is 0 Å². The van der Waals surface area contributed by atoms with Crippen molar-refractivity contribution in [1.82, 2.24) is 9.88 Å².